The molecule has 0 amide bonds. The number of aliphatic hydroxyl groups excluding tert-OH is 1. The number of ether oxygens (including phenoxy) is 1. The van der Waals surface area contributed by atoms with E-state index in [4.69, 9.17) is 4.74 Å². The molecule has 1 aromatic carbocycles. The molecule has 2 rings (SSSR count). The Hall–Kier alpha value is -1.32. The van der Waals surface area contributed by atoms with Gasteiger partial charge in [-0.2, -0.15) is 11.3 Å². The van der Waals surface area contributed by atoms with E-state index in [1.165, 1.54) is 5.56 Å². The Morgan fingerprint density at radius 3 is 2.94 bits per heavy atom. The van der Waals surface area contributed by atoms with Crippen LogP contribution in [0.3, 0.4) is 0 Å². The van der Waals surface area contributed by atoms with E-state index in [1.807, 2.05) is 24.3 Å². The third-order valence-electron chi connectivity index (χ3n) is 2.58. The lowest BCUT2D eigenvalue weighted by molar-refractivity contribution is 0.198. The van der Waals surface area contributed by atoms with E-state index in [0.717, 1.165) is 17.7 Å². The molecule has 1 N–H and O–H groups in total. The summed E-state index contributed by atoms with van der Waals surface area (Å²) >= 11 is 1.70. The molecular weight excluding hydrogens is 232 g/mol. The van der Waals surface area contributed by atoms with Gasteiger partial charge in [0.1, 0.15) is 5.75 Å². The van der Waals surface area contributed by atoms with Crippen molar-refractivity contribution < 1.29 is 9.84 Å². The van der Waals surface area contributed by atoms with E-state index in [2.05, 4.69) is 16.8 Å². The van der Waals surface area contributed by atoms with Gasteiger partial charge in [-0.1, -0.05) is 12.1 Å². The molecule has 2 nitrogen and oxygen atoms in total. The molecular formula is C14H16O2S. The van der Waals surface area contributed by atoms with Gasteiger partial charge in [0, 0.05) is 6.42 Å². The van der Waals surface area contributed by atoms with Gasteiger partial charge in [0.2, 0.25) is 0 Å². The minimum atomic E-state index is -0.449. The molecule has 0 saturated heterocycles. The van der Waals surface area contributed by atoms with Crippen LogP contribution in [0.4, 0.5) is 0 Å². The van der Waals surface area contributed by atoms with Gasteiger partial charge in [-0.25, -0.2) is 0 Å². The Kier molecular flexibility index (Phi) is 4.18. The van der Waals surface area contributed by atoms with Crippen LogP contribution >= 0.6 is 11.3 Å². The van der Waals surface area contributed by atoms with Crippen molar-refractivity contribution in [2.75, 3.05) is 6.61 Å². The van der Waals surface area contributed by atoms with Gasteiger partial charge in [0.15, 0.2) is 0 Å². The zero-order chi connectivity index (χ0) is 12.1. The van der Waals surface area contributed by atoms with E-state index in [9.17, 15) is 5.11 Å². The number of benzene rings is 1. The Morgan fingerprint density at radius 2 is 2.24 bits per heavy atom. The van der Waals surface area contributed by atoms with E-state index in [0.29, 0.717) is 6.61 Å². The molecule has 0 aliphatic carbocycles. The van der Waals surface area contributed by atoms with E-state index in [1.54, 1.807) is 18.3 Å². The van der Waals surface area contributed by atoms with Crippen molar-refractivity contribution >= 4 is 11.3 Å². The highest BCUT2D eigenvalue weighted by atomic mass is 32.1. The highest BCUT2D eigenvalue weighted by Crippen LogP contribution is 2.19. The summed E-state index contributed by atoms with van der Waals surface area (Å²) in [6, 6.07) is 9.72. The van der Waals surface area contributed by atoms with Crippen LogP contribution in [0.25, 0.3) is 0 Å². The first-order valence-corrected chi connectivity index (χ1v) is 6.62. The quantitative estimate of drug-likeness (QED) is 0.878. The third kappa shape index (κ3) is 3.58. The molecule has 17 heavy (non-hydrogen) atoms. The van der Waals surface area contributed by atoms with Gasteiger partial charge in [-0.3, -0.25) is 0 Å². The molecule has 0 radical (unpaired) electrons. The molecule has 3 heteroatoms. The molecule has 1 unspecified atom stereocenters. The molecule has 1 atom stereocenters. The maximum Gasteiger partial charge on any atom is 0.119 e. The fourth-order valence-corrected chi connectivity index (χ4v) is 2.29. The van der Waals surface area contributed by atoms with Crippen molar-refractivity contribution in [3.05, 3.63) is 52.2 Å². The first kappa shape index (κ1) is 12.1. The van der Waals surface area contributed by atoms with E-state index >= 15 is 0 Å². The van der Waals surface area contributed by atoms with Crippen LogP contribution in [0.2, 0.25) is 0 Å². The van der Waals surface area contributed by atoms with Crippen LogP contribution in [0.15, 0.2) is 41.1 Å². The lowest BCUT2D eigenvalue weighted by atomic mass is 10.1. The van der Waals surface area contributed by atoms with Crippen molar-refractivity contribution in [2.24, 2.45) is 0 Å². The Morgan fingerprint density at radius 1 is 1.35 bits per heavy atom. The van der Waals surface area contributed by atoms with Crippen molar-refractivity contribution in [2.45, 2.75) is 19.4 Å². The van der Waals surface area contributed by atoms with E-state index in [-0.39, 0.29) is 0 Å². The summed E-state index contributed by atoms with van der Waals surface area (Å²) in [5.41, 5.74) is 2.19. The monoisotopic (exact) mass is 248 g/mol. The Balaban J connectivity index is 1.88. The van der Waals surface area contributed by atoms with Gasteiger partial charge in [0.25, 0.3) is 0 Å². The molecule has 90 valence electrons. The SMILES string of the molecule is CC(O)c1cccc(OCCc2ccsc2)c1. The predicted molar refractivity (Wildman–Crippen MR) is 70.6 cm³/mol. The lowest BCUT2D eigenvalue weighted by Gasteiger charge is -2.09. The molecule has 0 aliphatic heterocycles. The molecule has 1 heterocycles. The second kappa shape index (κ2) is 5.84. The maximum atomic E-state index is 9.47. The molecule has 0 fully saturated rings. The smallest absolute Gasteiger partial charge is 0.119 e. The summed E-state index contributed by atoms with van der Waals surface area (Å²) in [7, 11) is 0. The normalized spacial score (nSPS) is 12.4. The van der Waals surface area contributed by atoms with Crippen molar-refractivity contribution in [3.8, 4) is 5.75 Å². The van der Waals surface area contributed by atoms with Crippen LogP contribution in [-0.2, 0) is 6.42 Å². The molecule has 0 spiro atoms. The number of rotatable bonds is 5. The van der Waals surface area contributed by atoms with Gasteiger partial charge in [-0.15, -0.1) is 0 Å². The number of thiophene rings is 1. The van der Waals surface area contributed by atoms with Gasteiger partial charge < -0.3 is 9.84 Å². The highest BCUT2D eigenvalue weighted by Gasteiger charge is 2.02. The zero-order valence-corrected chi connectivity index (χ0v) is 10.6. The highest BCUT2D eigenvalue weighted by molar-refractivity contribution is 7.07. The fraction of sp³-hybridized carbons (Fsp3) is 0.286. The van der Waals surface area contributed by atoms with Crippen LogP contribution in [0.5, 0.6) is 5.75 Å². The molecule has 0 aliphatic rings. The Labute approximate surface area is 105 Å². The minimum Gasteiger partial charge on any atom is -0.493 e. The standard InChI is InChI=1S/C14H16O2S/c1-11(15)13-3-2-4-14(9-13)16-7-5-12-6-8-17-10-12/h2-4,6,8-11,15H,5,7H2,1H3. The first-order chi connectivity index (χ1) is 8.25. The van der Waals surface area contributed by atoms with Crippen LogP contribution in [0.1, 0.15) is 24.2 Å². The van der Waals surface area contributed by atoms with Crippen LogP contribution < -0.4 is 4.74 Å². The van der Waals surface area contributed by atoms with Crippen LogP contribution in [0, 0.1) is 0 Å². The summed E-state index contributed by atoms with van der Waals surface area (Å²) in [4.78, 5) is 0. The van der Waals surface area contributed by atoms with Gasteiger partial charge in [0.05, 0.1) is 12.7 Å². The summed E-state index contributed by atoms with van der Waals surface area (Å²) in [5, 5.41) is 13.7. The van der Waals surface area contributed by atoms with Gasteiger partial charge in [-0.05, 0) is 47.0 Å². The summed E-state index contributed by atoms with van der Waals surface area (Å²) in [5.74, 6) is 0.818. The van der Waals surface area contributed by atoms with Crippen molar-refractivity contribution in [1.29, 1.82) is 0 Å². The minimum absolute atomic E-state index is 0.449. The average Bonchev–Trinajstić information content (AvgIpc) is 2.82. The number of aliphatic hydroxyl groups is 1. The largest absolute Gasteiger partial charge is 0.493 e. The van der Waals surface area contributed by atoms with E-state index < -0.39 is 6.10 Å². The summed E-state index contributed by atoms with van der Waals surface area (Å²) in [6.45, 7) is 2.42. The van der Waals surface area contributed by atoms with Gasteiger partial charge >= 0.3 is 0 Å². The molecule has 0 saturated carbocycles. The summed E-state index contributed by atoms with van der Waals surface area (Å²) < 4.78 is 5.66. The topological polar surface area (TPSA) is 29.5 Å². The maximum absolute atomic E-state index is 9.47. The summed E-state index contributed by atoms with van der Waals surface area (Å²) in [6.07, 6.45) is 0.470. The fourth-order valence-electron chi connectivity index (χ4n) is 1.59. The average molecular weight is 248 g/mol. The zero-order valence-electron chi connectivity index (χ0n) is 9.80. The van der Waals surface area contributed by atoms with Crippen LogP contribution in [-0.4, -0.2) is 11.7 Å². The second-order valence-corrected chi connectivity index (χ2v) is 4.76. The lowest BCUT2D eigenvalue weighted by Crippen LogP contribution is -2.01. The Bertz CT molecular complexity index is 449. The molecule has 2 aromatic rings. The van der Waals surface area contributed by atoms with Crippen molar-refractivity contribution in [3.63, 3.8) is 0 Å². The molecule has 1 aromatic heterocycles. The molecule has 0 bridgehead atoms. The number of hydrogen-bond donors (Lipinski definition) is 1. The van der Waals surface area contributed by atoms with Crippen molar-refractivity contribution in [1.82, 2.24) is 0 Å². The third-order valence-corrected chi connectivity index (χ3v) is 3.31. The number of hydrogen-bond acceptors (Lipinski definition) is 3. The second-order valence-electron chi connectivity index (χ2n) is 3.98. The predicted octanol–water partition coefficient (Wildman–Crippen LogP) is 3.42. The first-order valence-electron chi connectivity index (χ1n) is 5.67.